The zero-order valence-electron chi connectivity index (χ0n) is 13.6. The second-order valence-corrected chi connectivity index (χ2v) is 6.37. The molecule has 0 amide bonds. The molecule has 0 spiro atoms. The number of nitrogens with two attached hydrogens (primary N) is 1. The van der Waals surface area contributed by atoms with E-state index in [0.29, 0.717) is 5.92 Å². The molecule has 0 heterocycles. The standard InChI is InChI=1S/C21H23N/c1-14-5-4-6-17(11-14)20-12-15(2)7-10-19(20)18-9-8-16(3)21(22)13-18/h4-11,13,15H,12,22H2,1-3H3. The van der Waals surface area contributed by atoms with E-state index in [0.717, 1.165) is 17.7 Å². The van der Waals surface area contributed by atoms with Crippen molar-refractivity contribution in [3.05, 3.63) is 76.9 Å². The average molecular weight is 289 g/mol. The molecule has 0 bridgehead atoms. The molecule has 0 fully saturated rings. The van der Waals surface area contributed by atoms with E-state index in [1.54, 1.807) is 0 Å². The van der Waals surface area contributed by atoms with Crippen LogP contribution < -0.4 is 5.73 Å². The van der Waals surface area contributed by atoms with Crippen LogP contribution in [0.5, 0.6) is 0 Å². The van der Waals surface area contributed by atoms with Gasteiger partial charge in [-0.2, -0.15) is 0 Å². The van der Waals surface area contributed by atoms with Crippen molar-refractivity contribution in [2.75, 3.05) is 5.73 Å². The van der Waals surface area contributed by atoms with Gasteiger partial charge in [-0.1, -0.05) is 61.0 Å². The van der Waals surface area contributed by atoms with E-state index in [-0.39, 0.29) is 0 Å². The highest BCUT2D eigenvalue weighted by Gasteiger charge is 2.16. The van der Waals surface area contributed by atoms with Crippen LogP contribution in [0.25, 0.3) is 11.1 Å². The van der Waals surface area contributed by atoms with E-state index in [2.05, 4.69) is 68.5 Å². The molecular weight excluding hydrogens is 266 g/mol. The Morgan fingerprint density at radius 1 is 1.00 bits per heavy atom. The third-order valence-electron chi connectivity index (χ3n) is 4.40. The summed E-state index contributed by atoms with van der Waals surface area (Å²) in [6.45, 7) is 6.47. The van der Waals surface area contributed by atoms with Crippen LogP contribution in [0.1, 0.15) is 35.6 Å². The smallest absolute Gasteiger partial charge is 0.0349 e. The third-order valence-corrected chi connectivity index (χ3v) is 4.40. The van der Waals surface area contributed by atoms with Crippen molar-refractivity contribution in [2.24, 2.45) is 5.92 Å². The van der Waals surface area contributed by atoms with Gasteiger partial charge in [0.2, 0.25) is 0 Å². The number of aryl methyl sites for hydroxylation is 2. The van der Waals surface area contributed by atoms with Crippen molar-refractivity contribution in [1.82, 2.24) is 0 Å². The Hall–Kier alpha value is -2.28. The molecule has 1 unspecified atom stereocenters. The van der Waals surface area contributed by atoms with Gasteiger partial charge >= 0.3 is 0 Å². The number of allylic oxidation sites excluding steroid dienone is 4. The van der Waals surface area contributed by atoms with Gasteiger partial charge in [0.15, 0.2) is 0 Å². The largest absolute Gasteiger partial charge is 0.398 e. The molecule has 0 saturated heterocycles. The lowest BCUT2D eigenvalue weighted by molar-refractivity contribution is 0.751. The van der Waals surface area contributed by atoms with Crippen molar-refractivity contribution in [3.63, 3.8) is 0 Å². The molecule has 0 aliphatic heterocycles. The molecule has 1 heteroatoms. The van der Waals surface area contributed by atoms with Crippen molar-refractivity contribution in [1.29, 1.82) is 0 Å². The monoisotopic (exact) mass is 289 g/mol. The fourth-order valence-corrected chi connectivity index (χ4v) is 3.05. The van der Waals surface area contributed by atoms with E-state index in [1.807, 2.05) is 6.92 Å². The van der Waals surface area contributed by atoms with Crippen LogP contribution in [-0.2, 0) is 0 Å². The molecular formula is C21H23N. The Morgan fingerprint density at radius 2 is 1.82 bits per heavy atom. The summed E-state index contributed by atoms with van der Waals surface area (Å²) in [5.74, 6) is 0.571. The summed E-state index contributed by atoms with van der Waals surface area (Å²) in [5, 5.41) is 0. The summed E-state index contributed by atoms with van der Waals surface area (Å²) < 4.78 is 0. The summed E-state index contributed by atoms with van der Waals surface area (Å²) >= 11 is 0. The Morgan fingerprint density at radius 3 is 2.55 bits per heavy atom. The second kappa shape index (κ2) is 5.84. The first-order valence-electron chi connectivity index (χ1n) is 7.89. The fraction of sp³-hybridized carbons (Fsp3) is 0.238. The maximum atomic E-state index is 6.12. The highest BCUT2D eigenvalue weighted by atomic mass is 14.6. The Balaban J connectivity index is 2.16. The Labute approximate surface area is 133 Å². The molecule has 1 aliphatic rings. The molecule has 112 valence electrons. The van der Waals surface area contributed by atoms with Crippen LogP contribution in [0.15, 0.2) is 54.6 Å². The Bertz CT molecular complexity index is 765. The normalized spacial score (nSPS) is 17.9. The molecule has 0 aromatic heterocycles. The van der Waals surface area contributed by atoms with E-state index in [9.17, 15) is 0 Å². The summed E-state index contributed by atoms with van der Waals surface area (Å²) in [4.78, 5) is 0. The van der Waals surface area contributed by atoms with Gasteiger partial charge < -0.3 is 5.73 Å². The molecule has 0 saturated carbocycles. The molecule has 1 nitrogen and oxygen atoms in total. The molecule has 0 radical (unpaired) electrons. The molecule has 1 atom stereocenters. The van der Waals surface area contributed by atoms with Crippen molar-refractivity contribution < 1.29 is 0 Å². The van der Waals surface area contributed by atoms with E-state index in [4.69, 9.17) is 5.73 Å². The van der Waals surface area contributed by atoms with Crippen LogP contribution in [-0.4, -0.2) is 0 Å². The van der Waals surface area contributed by atoms with Gasteiger partial charge in [0.1, 0.15) is 0 Å². The lowest BCUT2D eigenvalue weighted by Gasteiger charge is -2.21. The fourth-order valence-electron chi connectivity index (χ4n) is 3.05. The molecule has 2 aromatic rings. The van der Waals surface area contributed by atoms with Gasteiger partial charge in [-0.05, 0) is 60.1 Å². The molecule has 3 rings (SSSR count). The summed E-state index contributed by atoms with van der Waals surface area (Å²) in [7, 11) is 0. The molecule has 1 aliphatic carbocycles. The first-order valence-corrected chi connectivity index (χ1v) is 7.89. The van der Waals surface area contributed by atoms with E-state index >= 15 is 0 Å². The first kappa shape index (κ1) is 14.6. The SMILES string of the molecule is Cc1cccc(C2=C(c3ccc(C)c(N)c3)C=CC(C)C2)c1. The predicted molar refractivity (Wildman–Crippen MR) is 96.5 cm³/mol. The number of hydrogen-bond donors (Lipinski definition) is 1. The van der Waals surface area contributed by atoms with E-state index < -0.39 is 0 Å². The van der Waals surface area contributed by atoms with Gasteiger partial charge in [0.05, 0.1) is 0 Å². The summed E-state index contributed by atoms with van der Waals surface area (Å²) in [6.07, 6.45) is 5.63. The highest BCUT2D eigenvalue weighted by molar-refractivity contribution is 5.97. The molecule has 2 aromatic carbocycles. The number of hydrogen-bond acceptors (Lipinski definition) is 1. The van der Waals surface area contributed by atoms with Gasteiger partial charge in [-0.25, -0.2) is 0 Å². The quantitative estimate of drug-likeness (QED) is 0.737. The van der Waals surface area contributed by atoms with Crippen LogP contribution in [0.3, 0.4) is 0 Å². The highest BCUT2D eigenvalue weighted by Crippen LogP contribution is 2.37. The number of benzene rings is 2. The zero-order valence-corrected chi connectivity index (χ0v) is 13.6. The lowest BCUT2D eigenvalue weighted by Crippen LogP contribution is -2.03. The van der Waals surface area contributed by atoms with Crippen LogP contribution in [0, 0.1) is 19.8 Å². The second-order valence-electron chi connectivity index (χ2n) is 6.37. The third kappa shape index (κ3) is 2.85. The maximum Gasteiger partial charge on any atom is 0.0349 e. The Kier molecular flexibility index (Phi) is 3.89. The maximum absolute atomic E-state index is 6.12. The minimum absolute atomic E-state index is 0.571. The minimum Gasteiger partial charge on any atom is -0.398 e. The first-order chi connectivity index (χ1) is 10.5. The van der Waals surface area contributed by atoms with Crippen molar-refractivity contribution in [2.45, 2.75) is 27.2 Å². The topological polar surface area (TPSA) is 26.0 Å². The summed E-state index contributed by atoms with van der Waals surface area (Å²) in [6, 6.07) is 15.2. The van der Waals surface area contributed by atoms with Crippen LogP contribution in [0.2, 0.25) is 0 Å². The zero-order chi connectivity index (χ0) is 15.7. The minimum atomic E-state index is 0.571. The molecule has 2 N–H and O–H groups in total. The van der Waals surface area contributed by atoms with Gasteiger partial charge in [-0.15, -0.1) is 0 Å². The lowest BCUT2D eigenvalue weighted by atomic mass is 9.83. The van der Waals surface area contributed by atoms with Crippen molar-refractivity contribution >= 4 is 16.8 Å². The average Bonchev–Trinajstić information content (AvgIpc) is 2.50. The number of anilines is 1. The number of nitrogen functional groups attached to an aromatic ring is 1. The van der Waals surface area contributed by atoms with Gasteiger partial charge in [0, 0.05) is 5.69 Å². The van der Waals surface area contributed by atoms with E-state index in [1.165, 1.54) is 27.8 Å². The van der Waals surface area contributed by atoms with Gasteiger partial charge in [-0.3, -0.25) is 0 Å². The van der Waals surface area contributed by atoms with Crippen LogP contribution in [0.4, 0.5) is 5.69 Å². The summed E-state index contributed by atoms with van der Waals surface area (Å²) in [5.41, 5.74) is 14.7. The predicted octanol–water partition coefficient (Wildman–Crippen LogP) is 5.39. The number of rotatable bonds is 2. The van der Waals surface area contributed by atoms with Crippen LogP contribution >= 0.6 is 0 Å². The molecule has 22 heavy (non-hydrogen) atoms. The van der Waals surface area contributed by atoms with Crippen molar-refractivity contribution in [3.8, 4) is 0 Å². The van der Waals surface area contributed by atoms with Gasteiger partial charge in [0.25, 0.3) is 0 Å².